The van der Waals surface area contributed by atoms with Crippen molar-refractivity contribution in [2.45, 2.75) is 38.2 Å². The van der Waals surface area contributed by atoms with Crippen LogP contribution in [-0.2, 0) is 20.7 Å². The molecule has 5 heteroatoms. The van der Waals surface area contributed by atoms with Gasteiger partial charge in [-0.2, -0.15) is 0 Å². The highest BCUT2D eigenvalue weighted by atomic mass is 16.5. The first-order valence-electron chi connectivity index (χ1n) is 10.4. The molecule has 2 N–H and O–H groups in total. The van der Waals surface area contributed by atoms with Gasteiger partial charge in [0.1, 0.15) is 0 Å². The highest BCUT2D eigenvalue weighted by Crippen LogP contribution is 2.31. The van der Waals surface area contributed by atoms with Crippen LogP contribution in [0.3, 0.4) is 0 Å². The van der Waals surface area contributed by atoms with Crippen molar-refractivity contribution in [2.75, 3.05) is 19.7 Å². The molecule has 1 saturated carbocycles. The second-order valence-electron chi connectivity index (χ2n) is 8.34. The number of amides is 2. The number of rotatable bonds is 5. The van der Waals surface area contributed by atoms with Crippen LogP contribution in [0.25, 0.3) is 11.1 Å². The fourth-order valence-electron chi connectivity index (χ4n) is 4.17. The van der Waals surface area contributed by atoms with Crippen LogP contribution in [0.1, 0.15) is 30.4 Å². The molecule has 0 aromatic heterocycles. The smallest absolute Gasteiger partial charge is 0.251 e. The van der Waals surface area contributed by atoms with E-state index < -0.39 is 11.5 Å². The molecule has 1 aliphatic heterocycles. The van der Waals surface area contributed by atoms with E-state index in [4.69, 9.17) is 10.5 Å². The predicted octanol–water partition coefficient (Wildman–Crippen LogP) is 3.09. The summed E-state index contributed by atoms with van der Waals surface area (Å²) in [6.45, 7) is 3.15. The number of nitrogens with zero attached hydrogens (tertiary/aromatic N) is 1. The largest absolute Gasteiger partial charge is 0.367 e. The van der Waals surface area contributed by atoms with Crippen LogP contribution in [-0.4, -0.2) is 42.0 Å². The van der Waals surface area contributed by atoms with Crippen LogP contribution >= 0.6 is 0 Å². The lowest BCUT2D eigenvalue weighted by atomic mass is 9.83. The maximum atomic E-state index is 12.7. The van der Waals surface area contributed by atoms with Gasteiger partial charge in [0.15, 0.2) is 5.60 Å². The van der Waals surface area contributed by atoms with Gasteiger partial charge in [-0.1, -0.05) is 60.5 Å². The Bertz CT molecular complexity index is 905. The van der Waals surface area contributed by atoms with Gasteiger partial charge in [-0.15, -0.1) is 0 Å². The van der Waals surface area contributed by atoms with Crippen LogP contribution < -0.4 is 5.73 Å². The maximum absolute atomic E-state index is 12.7. The molecule has 29 heavy (non-hydrogen) atoms. The number of ether oxygens (including phenoxy) is 1. The lowest BCUT2D eigenvalue weighted by Gasteiger charge is -2.42. The molecule has 2 aromatic rings. The quantitative estimate of drug-likeness (QED) is 0.850. The molecule has 2 amide bonds. The van der Waals surface area contributed by atoms with Crippen molar-refractivity contribution < 1.29 is 14.3 Å². The van der Waals surface area contributed by atoms with E-state index in [2.05, 4.69) is 43.3 Å². The van der Waals surface area contributed by atoms with Crippen molar-refractivity contribution >= 4 is 11.8 Å². The molecule has 2 aliphatic rings. The number of nitrogens with two attached hydrogens (primary N) is 1. The summed E-state index contributed by atoms with van der Waals surface area (Å²) in [5, 5.41) is 0. The van der Waals surface area contributed by atoms with Gasteiger partial charge < -0.3 is 15.4 Å². The first-order chi connectivity index (χ1) is 14.0. The fraction of sp³-hybridized carbons (Fsp3) is 0.417. The van der Waals surface area contributed by atoms with Crippen molar-refractivity contribution in [1.29, 1.82) is 0 Å². The van der Waals surface area contributed by atoms with E-state index in [9.17, 15) is 9.59 Å². The van der Waals surface area contributed by atoms with E-state index in [1.54, 1.807) is 4.90 Å². The average molecular weight is 392 g/mol. The standard InChI is InChI=1S/C24H28N2O3/c1-17-8-10-19(11-9-17)21-7-2-4-18(14-21)15-24(23(25)28)16-26(12-13-29-24)22(27)20-5-3-6-20/h2,4,7-11,14,20H,3,5-6,12-13,15-16H2,1H3,(H2,25,28)/t24-/m0/s1. The van der Waals surface area contributed by atoms with Crippen LogP contribution in [0.2, 0.25) is 0 Å². The molecule has 1 heterocycles. The number of aryl methyl sites for hydroxylation is 1. The summed E-state index contributed by atoms with van der Waals surface area (Å²) in [6, 6.07) is 16.5. The van der Waals surface area contributed by atoms with E-state index >= 15 is 0 Å². The number of carbonyl (C=O) groups excluding carboxylic acids is 2. The monoisotopic (exact) mass is 392 g/mol. The minimum Gasteiger partial charge on any atom is -0.367 e. The Morgan fingerprint density at radius 2 is 1.90 bits per heavy atom. The van der Waals surface area contributed by atoms with Crippen molar-refractivity contribution in [2.24, 2.45) is 11.7 Å². The topological polar surface area (TPSA) is 72.6 Å². The van der Waals surface area contributed by atoms with E-state index in [0.29, 0.717) is 19.6 Å². The number of carbonyl (C=O) groups is 2. The van der Waals surface area contributed by atoms with Gasteiger partial charge in [-0.05, 0) is 36.5 Å². The SMILES string of the molecule is Cc1ccc(-c2cccc(C[C@@]3(C(N)=O)CN(C(=O)C4CCC4)CCO3)c2)cc1. The van der Waals surface area contributed by atoms with Crippen LogP contribution in [0.5, 0.6) is 0 Å². The number of hydrogen-bond acceptors (Lipinski definition) is 3. The zero-order valence-electron chi connectivity index (χ0n) is 16.9. The predicted molar refractivity (Wildman–Crippen MR) is 112 cm³/mol. The average Bonchev–Trinajstić information content (AvgIpc) is 2.67. The van der Waals surface area contributed by atoms with Crippen molar-refractivity contribution in [3.8, 4) is 11.1 Å². The summed E-state index contributed by atoms with van der Waals surface area (Å²) < 4.78 is 5.94. The summed E-state index contributed by atoms with van der Waals surface area (Å²) in [6.07, 6.45) is 3.35. The van der Waals surface area contributed by atoms with Crippen LogP contribution in [0.15, 0.2) is 48.5 Å². The second-order valence-corrected chi connectivity index (χ2v) is 8.34. The summed E-state index contributed by atoms with van der Waals surface area (Å²) in [5.41, 5.74) is 9.01. The van der Waals surface area contributed by atoms with Gasteiger partial charge in [0.25, 0.3) is 5.91 Å². The molecule has 0 unspecified atom stereocenters. The molecular formula is C24H28N2O3. The van der Waals surface area contributed by atoms with Gasteiger partial charge in [0.05, 0.1) is 13.2 Å². The first-order valence-corrected chi connectivity index (χ1v) is 10.4. The highest BCUT2D eigenvalue weighted by molar-refractivity contribution is 5.86. The summed E-state index contributed by atoms with van der Waals surface area (Å²) in [4.78, 5) is 27.0. The van der Waals surface area contributed by atoms with E-state index in [1.165, 1.54) is 5.56 Å². The van der Waals surface area contributed by atoms with Crippen LogP contribution in [0.4, 0.5) is 0 Å². The molecule has 1 saturated heterocycles. The molecule has 5 nitrogen and oxygen atoms in total. The van der Waals surface area contributed by atoms with Crippen molar-refractivity contribution in [3.05, 3.63) is 59.7 Å². The number of morpholine rings is 1. The molecule has 0 bridgehead atoms. The normalized spacial score (nSPS) is 22.2. The molecule has 4 rings (SSSR count). The lowest BCUT2D eigenvalue weighted by Crippen LogP contribution is -2.62. The Morgan fingerprint density at radius 1 is 1.14 bits per heavy atom. The number of benzene rings is 2. The summed E-state index contributed by atoms with van der Waals surface area (Å²) in [7, 11) is 0. The Kier molecular flexibility index (Phi) is 5.41. The third-order valence-electron chi connectivity index (χ3n) is 6.20. The van der Waals surface area contributed by atoms with Crippen LogP contribution in [0, 0.1) is 12.8 Å². The Morgan fingerprint density at radius 3 is 2.55 bits per heavy atom. The molecule has 2 fully saturated rings. The Hall–Kier alpha value is -2.66. The minimum atomic E-state index is -1.18. The van der Waals surface area contributed by atoms with Gasteiger partial charge in [0, 0.05) is 18.9 Å². The number of primary amides is 1. The molecular weight excluding hydrogens is 364 g/mol. The zero-order chi connectivity index (χ0) is 20.4. The van der Waals surface area contributed by atoms with E-state index in [1.807, 2.05) is 12.1 Å². The molecule has 2 aromatic carbocycles. The lowest BCUT2D eigenvalue weighted by molar-refractivity contribution is -0.166. The molecule has 152 valence electrons. The van der Waals surface area contributed by atoms with Gasteiger partial charge >= 0.3 is 0 Å². The fourth-order valence-corrected chi connectivity index (χ4v) is 4.17. The van der Waals surface area contributed by atoms with Crippen molar-refractivity contribution in [3.63, 3.8) is 0 Å². The summed E-state index contributed by atoms with van der Waals surface area (Å²) in [5.74, 6) is -0.272. The van der Waals surface area contributed by atoms with Gasteiger partial charge in [0.2, 0.25) is 5.91 Å². The van der Waals surface area contributed by atoms with Crippen molar-refractivity contribution in [1.82, 2.24) is 4.90 Å². The Labute approximate surface area is 171 Å². The third kappa shape index (κ3) is 4.06. The summed E-state index contributed by atoms with van der Waals surface area (Å²) >= 11 is 0. The Balaban J connectivity index is 1.56. The van der Waals surface area contributed by atoms with Gasteiger partial charge in [-0.25, -0.2) is 0 Å². The maximum Gasteiger partial charge on any atom is 0.251 e. The second kappa shape index (κ2) is 7.99. The number of hydrogen-bond donors (Lipinski definition) is 1. The molecule has 0 spiro atoms. The minimum absolute atomic E-state index is 0.101. The third-order valence-corrected chi connectivity index (χ3v) is 6.20. The van der Waals surface area contributed by atoms with E-state index in [-0.39, 0.29) is 18.4 Å². The van der Waals surface area contributed by atoms with E-state index in [0.717, 1.165) is 36.0 Å². The molecule has 1 aliphatic carbocycles. The van der Waals surface area contributed by atoms with Gasteiger partial charge in [-0.3, -0.25) is 9.59 Å². The molecule has 1 atom stereocenters. The zero-order valence-corrected chi connectivity index (χ0v) is 16.9. The highest BCUT2D eigenvalue weighted by Gasteiger charge is 2.45. The first kappa shape index (κ1) is 19.6. The molecule has 0 radical (unpaired) electrons.